The van der Waals surface area contributed by atoms with Crippen molar-refractivity contribution in [3.8, 4) is 5.75 Å². The smallest absolute Gasteiger partial charge is 0.387 e. The Morgan fingerprint density at radius 2 is 2.00 bits per heavy atom. The molecule has 5 heteroatoms. The van der Waals surface area contributed by atoms with Crippen molar-refractivity contribution in [2.75, 3.05) is 0 Å². The van der Waals surface area contributed by atoms with E-state index in [0.29, 0.717) is 12.0 Å². The minimum atomic E-state index is -2.95. The second-order valence-corrected chi connectivity index (χ2v) is 5.46. The minimum Gasteiger partial charge on any atom is -0.435 e. The maximum atomic E-state index is 14.1. The Morgan fingerprint density at radius 3 is 2.62 bits per heavy atom. The first-order valence-electron chi connectivity index (χ1n) is 6.84. The zero-order valence-electron chi connectivity index (χ0n) is 11.9. The highest BCUT2D eigenvalue weighted by Crippen LogP contribution is 2.38. The van der Waals surface area contributed by atoms with Gasteiger partial charge in [-0.25, -0.2) is 4.39 Å². The third-order valence-electron chi connectivity index (χ3n) is 3.71. The Balaban J connectivity index is 2.33. The molecular weight excluding hydrogens is 281 g/mol. The fraction of sp³-hybridized carbons (Fsp3) is 0.438. The predicted molar refractivity (Wildman–Crippen MR) is 73.0 cm³/mol. The van der Waals surface area contributed by atoms with Crippen molar-refractivity contribution >= 4 is 5.78 Å². The molecule has 0 spiro atoms. The molecule has 0 aromatic heterocycles. The van der Waals surface area contributed by atoms with Gasteiger partial charge in [-0.2, -0.15) is 8.78 Å². The molecule has 0 saturated carbocycles. The number of rotatable bonds is 4. The third-order valence-corrected chi connectivity index (χ3v) is 3.71. The van der Waals surface area contributed by atoms with Crippen LogP contribution < -0.4 is 4.74 Å². The molecule has 0 N–H and O–H groups in total. The van der Waals surface area contributed by atoms with Crippen LogP contribution in [-0.4, -0.2) is 12.4 Å². The summed E-state index contributed by atoms with van der Waals surface area (Å²) in [6, 6.07) is 5.68. The number of carbonyl (C=O) groups is 1. The molecule has 0 fully saturated rings. The summed E-state index contributed by atoms with van der Waals surface area (Å²) >= 11 is 0. The summed E-state index contributed by atoms with van der Waals surface area (Å²) in [5, 5.41) is 0. The highest BCUT2D eigenvalue weighted by atomic mass is 19.3. The van der Waals surface area contributed by atoms with E-state index in [0.717, 1.165) is 0 Å². The molecular formula is C16H17F3O2. The van der Waals surface area contributed by atoms with E-state index in [1.807, 2.05) is 13.8 Å². The Kier molecular flexibility index (Phi) is 4.70. The van der Waals surface area contributed by atoms with Crippen molar-refractivity contribution in [3.63, 3.8) is 0 Å². The quantitative estimate of drug-likeness (QED) is 0.819. The second kappa shape index (κ2) is 6.33. The van der Waals surface area contributed by atoms with Gasteiger partial charge in [0.25, 0.3) is 0 Å². The zero-order chi connectivity index (χ0) is 15.6. The third kappa shape index (κ3) is 3.46. The van der Waals surface area contributed by atoms with E-state index in [1.165, 1.54) is 24.3 Å². The van der Waals surface area contributed by atoms with Crippen molar-refractivity contribution in [3.05, 3.63) is 41.7 Å². The Labute approximate surface area is 121 Å². The molecule has 2 atom stereocenters. The lowest BCUT2D eigenvalue weighted by Crippen LogP contribution is -2.29. The molecule has 1 aliphatic rings. The fourth-order valence-electron chi connectivity index (χ4n) is 2.62. The number of benzene rings is 1. The van der Waals surface area contributed by atoms with Crippen molar-refractivity contribution in [1.29, 1.82) is 0 Å². The Morgan fingerprint density at radius 1 is 1.29 bits per heavy atom. The van der Waals surface area contributed by atoms with Gasteiger partial charge in [-0.1, -0.05) is 32.1 Å². The average molecular weight is 298 g/mol. The van der Waals surface area contributed by atoms with E-state index in [9.17, 15) is 18.0 Å². The van der Waals surface area contributed by atoms with Crippen LogP contribution in [0.4, 0.5) is 13.2 Å². The number of halogens is 3. The van der Waals surface area contributed by atoms with E-state index < -0.39 is 18.4 Å². The number of ketones is 1. The normalized spacial score (nSPS) is 22.6. The van der Waals surface area contributed by atoms with Gasteiger partial charge in [0.05, 0.1) is 5.92 Å². The number of allylic oxidation sites excluding steroid dienone is 2. The number of alkyl halides is 2. The maximum Gasteiger partial charge on any atom is 0.387 e. The van der Waals surface area contributed by atoms with Gasteiger partial charge in [0, 0.05) is 5.92 Å². The Hall–Kier alpha value is -1.78. The standard InChI is InChI=1S/C16H17F3O2/c1-9(2)12-6-7-13(17)14(15(12)20)10-4-3-5-11(8-10)21-16(18)19/h3-5,7-9,12,14,16H,6H2,1-2H3. The molecule has 0 amide bonds. The first kappa shape index (κ1) is 15.6. The highest BCUT2D eigenvalue weighted by molar-refractivity contribution is 5.91. The molecule has 0 saturated heterocycles. The van der Waals surface area contributed by atoms with Crippen LogP contribution in [0.1, 0.15) is 31.7 Å². The van der Waals surface area contributed by atoms with Crippen LogP contribution in [0.15, 0.2) is 36.2 Å². The number of ether oxygens (including phenoxy) is 1. The maximum absolute atomic E-state index is 14.1. The van der Waals surface area contributed by atoms with Gasteiger partial charge in [0.2, 0.25) is 0 Å². The molecule has 0 heterocycles. The zero-order valence-corrected chi connectivity index (χ0v) is 11.9. The lowest BCUT2D eigenvalue weighted by Gasteiger charge is -2.28. The summed E-state index contributed by atoms with van der Waals surface area (Å²) in [6.07, 6.45) is 1.80. The molecule has 2 unspecified atom stereocenters. The highest BCUT2D eigenvalue weighted by Gasteiger charge is 2.36. The number of hydrogen-bond donors (Lipinski definition) is 0. The van der Waals surface area contributed by atoms with E-state index in [1.54, 1.807) is 6.07 Å². The fourth-order valence-corrected chi connectivity index (χ4v) is 2.62. The van der Waals surface area contributed by atoms with Crippen LogP contribution >= 0.6 is 0 Å². The van der Waals surface area contributed by atoms with Crippen LogP contribution in [0.5, 0.6) is 5.75 Å². The van der Waals surface area contributed by atoms with E-state index >= 15 is 0 Å². The molecule has 0 bridgehead atoms. The van der Waals surface area contributed by atoms with Gasteiger partial charge in [-0.3, -0.25) is 4.79 Å². The monoisotopic (exact) mass is 298 g/mol. The minimum absolute atomic E-state index is 0.0743. The molecule has 1 aromatic rings. The SMILES string of the molecule is CC(C)C1CC=C(F)C(c2cccc(OC(F)F)c2)C1=O. The first-order chi connectivity index (χ1) is 9.90. The largest absolute Gasteiger partial charge is 0.435 e. The molecule has 2 rings (SSSR count). The molecule has 114 valence electrons. The van der Waals surface area contributed by atoms with E-state index in [2.05, 4.69) is 4.74 Å². The van der Waals surface area contributed by atoms with Gasteiger partial charge in [0.1, 0.15) is 11.6 Å². The number of Topliss-reactive ketones (excluding diaryl/α,β-unsaturated/α-hetero) is 1. The van der Waals surface area contributed by atoms with Crippen molar-refractivity contribution in [2.45, 2.75) is 32.8 Å². The number of hydrogen-bond acceptors (Lipinski definition) is 2. The summed E-state index contributed by atoms with van der Waals surface area (Å²) in [5.41, 5.74) is 0.345. The lowest BCUT2D eigenvalue weighted by atomic mass is 9.76. The predicted octanol–water partition coefficient (Wildman–Crippen LogP) is 4.47. The molecule has 21 heavy (non-hydrogen) atoms. The van der Waals surface area contributed by atoms with Crippen molar-refractivity contribution < 1.29 is 22.7 Å². The second-order valence-electron chi connectivity index (χ2n) is 5.46. The van der Waals surface area contributed by atoms with E-state index in [4.69, 9.17) is 0 Å². The average Bonchev–Trinajstić information content (AvgIpc) is 2.38. The number of carbonyl (C=O) groups excluding carboxylic acids is 1. The Bertz CT molecular complexity index is 552. The van der Waals surface area contributed by atoms with Gasteiger partial charge in [-0.05, 0) is 30.0 Å². The molecule has 0 radical (unpaired) electrons. The van der Waals surface area contributed by atoms with Crippen LogP contribution in [0.2, 0.25) is 0 Å². The topological polar surface area (TPSA) is 26.3 Å². The molecule has 2 nitrogen and oxygen atoms in total. The molecule has 0 aliphatic heterocycles. The lowest BCUT2D eigenvalue weighted by molar-refractivity contribution is -0.125. The summed E-state index contributed by atoms with van der Waals surface area (Å²) in [4.78, 5) is 12.4. The first-order valence-corrected chi connectivity index (χ1v) is 6.84. The van der Waals surface area contributed by atoms with Crippen LogP contribution in [0.25, 0.3) is 0 Å². The van der Waals surface area contributed by atoms with Crippen LogP contribution in [-0.2, 0) is 4.79 Å². The van der Waals surface area contributed by atoms with Crippen LogP contribution in [0.3, 0.4) is 0 Å². The summed E-state index contributed by atoms with van der Waals surface area (Å²) in [6.45, 7) is 0.867. The van der Waals surface area contributed by atoms with Gasteiger partial charge < -0.3 is 4.74 Å². The van der Waals surface area contributed by atoms with Gasteiger partial charge in [0.15, 0.2) is 5.78 Å². The van der Waals surface area contributed by atoms with Crippen molar-refractivity contribution in [2.24, 2.45) is 11.8 Å². The molecule has 1 aliphatic carbocycles. The van der Waals surface area contributed by atoms with Gasteiger partial charge in [-0.15, -0.1) is 0 Å². The van der Waals surface area contributed by atoms with Gasteiger partial charge >= 0.3 is 6.61 Å². The van der Waals surface area contributed by atoms with Crippen LogP contribution in [0, 0.1) is 11.8 Å². The molecule has 1 aromatic carbocycles. The summed E-state index contributed by atoms with van der Waals surface area (Å²) in [5.74, 6) is -1.98. The van der Waals surface area contributed by atoms with Crippen molar-refractivity contribution in [1.82, 2.24) is 0 Å². The summed E-state index contributed by atoms with van der Waals surface area (Å²) < 4.78 is 42.9. The summed E-state index contributed by atoms with van der Waals surface area (Å²) in [7, 11) is 0. The van der Waals surface area contributed by atoms with E-state index in [-0.39, 0.29) is 23.4 Å².